The Labute approximate surface area is 115 Å². The van der Waals surface area contributed by atoms with Crippen molar-refractivity contribution in [2.45, 2.75) is 6.92 Å². The molecule has 0 unspecified atom stereocenters. The summed E-state index contributed by atoms with van der Waals surface area (Å²) in [5.74, 6) is -0.749. The number of amides is 1. The van der Waals surface area contributed by atoms with Crippen molar-refractivity contribution in [1.82, 2.24) is 5.43 Å². The Bertz CT molecular complexity index is 651. The summed E-state index contributed by atoms with van der Waals surface area (Å²) >= 11 is 0. The van der Waals surface area contributed by atoms with Crippen LogP contribution in [0.5, 0.6) is 5.75 Å². The Morgan fingerprint density at radius 1 is 1.15 bits per heavy atom. The number of hydrogen-bond acceptors (Lipinski definition) is 3. The first kappa shape index (κ1) is 13.7. The molecule has 102 valence electrons. The SMILES string of the molecule is CC(=NNC(=O)c1ccc(O)cc1)c1ccccc1F. The van der Waals surface area contributed by atoms with E-state index in [0.29, 0.717) is 16.8 Å². The maximum Gasteiger partial charge on any atom is 0.271 e. The number of phenols is 1. The van der Waals surface area contributed by atoms with E-state index in [1.807, 2.05) is 0 Å². The molecule has 0 aromatic heterocycles. The maximum atomic E-state index is 13.5. The fourth-order valence-corrected chi connectivity index (χ4v) is 1.63. The van der Waals surface area contributed by atoms with Gasteiger partial charge in [0.05, 0.1) is 5.71 Å². The second kappa shape index (κ2) is 5.97. The zero-order valence-corrected chi connectivity index (χ0v) is 10.8. The molecular formula is C15H13FN2O2. The molecule has 0 aliphatic heterocycles. The Balaban J connectivity index is 2.11. The Morgan fingerprint density at radius 3 is 2.45 bits per heavy atom. The Kier molecular flexibility index (Phi) is 4.10. The number of phenolic OH excluding ortho intramolecular Hbond substituents is 1. The maximum absolute atomic E-state index is 13.5. The second-order valence-electron chi connectivity index (χ2n) is 4.16. The standard InChI is InChI=1S/C15H13FN2O2/c1-10(13-4-2-3-5-14(13)16)17-18-15(20)11-6-8-12(19)9-7-11/h2-9,19H,1H3,(H,18,20). The van der Waals surface area contributed by atoms with Gasteiger partial charge in [-0.1, -0.05) is 18.2 Å². The molecule has 1 amide bonds. The monoisotopic (exact) mass is 272 g/mol. The summed E-state index contributed by atoms with van der Waals surface area (Å²) in [6, 6.07) is 11.9. The molecule has 0 aliphatic rings. The van der Waals surface area contributed by atoms with Crippen molar-refractivity contribution in [2.75, 3.05) is 0 Å². The van der Waals surface area contributed by atoms with Crippen molar-refractivity contribution >= 4 is 11.6 Å². The molecule has 0 aliphatic carbocycles. The van der Waals surface area contributed by atoms with Crippen molar-refractivity contribution in [1.29, 1.82) is 0 Å². The minimum Gasteiger partial charge on any atom is -0.508 e. The zero-order chi connectivity index (χ0) is 14.5. The van der Waals surface area contributed by atoms with Gasteiger partial charge in [0.25, 0.3) is 5.91 Å². The minimum atomic E-state index is -0.430. The van der Waals surface area contributed by atoms with Gasteiger partial charge >= 0.3 is 0 Å². The molecule has 0 saturated heterocycles. The average Bonchev–Trinajstić information content (AvgIpc) is 2.45. The summed E-state index contributed by atoms with van der Waals surface area (Å²) < 4.78 is 13.5. The highest BCUT2D eigenvalue weighted by Gasteiger charge is 2.07. The fraction of sp³-hybridized carbons (Fsp3) is 0.0667. The van der Waals surface area contributed by atoms with Crippen LogP contribution in [0.15, 0.2) is 53.6 Å². The van der Waals surface area contributed by atoms with Crippen molar-refractivity contribution in [3.8, 4) is 5.75 Å². The largest absolute Gasteiger partial charge is 0.508 e. The third-order valence-electron chi connectivity index (χ3n) is 2.72. The van der Waals surface area contributed by atoms with Crippen LogP contribution in [0.4, 0.5) is 4.39 Å². The van der Waals surface area contributed by atoms with Crippen LogP contribution in [-0.2, 0) is 0 Å². The van der Waals surface area contributed by atoms with Gasteiger partial charge in [-0.3, -0.25) is 4.79 Å². The third kappa shape index (κ3) is 3.20. The van der Waals surface area contributed by atoms with Gasteiger partial charge in [0.15, 0.2) is 0 Å². The normalized spacial score (nSPS) is 11.2. The summed E-state index contributed by atoms with van der Waals surface area (Å²) in [5.41, 5.74) is 3.40. The summed E-state index contributed by atoms with van der Waals surface area (Å²) in [7, 11) is 0. The molecular weight excluding hydrogens is 259 g/mol. The van der Waals surface area contributed by atoms with Gasteiger partial charge in [0.1, 0.15) is 11.6 Å². The zero-order valence-electron chi connectivity index (χ0n) is 10.8. The minimum absolute atomic E-state index is 0.0765. The van der Waals surface area contributed by atoms with Gasteiger partial charge in [-0.05, 0) is 37.3 Å². The van der Waals surface area contributed by atoms with Crippen molar-refractivity contribution < 1.29 is 14.3 Å². The summed E-state index contributed by atoms with van der Waals surface area (Å²) in [4.78, 5) is 11.8. The smallest absolute Gasteiger partial charge is 0.271 e. The number of rotatable bonds is 3. The predicted molar refractivity (Wildman–Crippen MR) is 74.2 cm³/mol. The number of nitrogens with zero attached hydrogens (tertiary/aromatic N) is 1. The summed E-state index contributed by atoms with van der Waals surface area (Å²) in [6.07, 6.45) is 0. The second-order valence-corrected chi connectivity index (χ2v) is 4.16. The summed E-state index contributed by atoms with van der Waals surface area (Å²) in [5, 5.41) is 13.0. The Hall–Kier alpha value is -2.69. The highest BCUT2D eigenvalue weighted by molar-refractivity contribution is 6.01. The van der Waals surface area contributed by atoms with Gasteiger partial charge in [-0.15, -0.1) is 0 Å². The molecule has 0 bridgehead atoms. The predicted octanol–water partition coefficient (Wildman–Crippen LogP) is 2.69. The van der Waals surface area contributed by atoms with Gasteiger partial charge in [-0.25, -0.2) is 9.82 Å². The molecule has 4 nitrogen and oxygen atoms in total. The van der Waals surface area contributed by atoms with Gasteiger partial charge in [0.2, 0.25) is 0 Å². The quantitative estimate of drug-likeness (QED) is 0.666. The van der Waals surface area contributed by atoms with Crippen LogP contribution in [0.25, 0.3) is 0 Å². The van der Waals surface area contributed by atoms with Crippen LogP contribution < -0.4 is 5.43 Å². The number of hydrazone groups is 1. The molecule has 0 saturated carbocycles. The Morgan fingerprint density at radius 2 is 1.80 bits per heavy atom. The first-order chi connectivity index (χ1) is 9.58. The molecule has 0 fully saturated rings. The average molecular weight is 272 g/mol. The molecule has 5 heteroatoms. The molecule has 2 aromatic rings. The van der Waals surface area contributed by atoms with Crippen molar-refractivity contribution in [2.24, 2.45) is 5.10 Å². The lowest BCUT2D eigenvalue weighted by Gasteiger charge is -2.04. The van der Waals surface area contributed by atoms with Crippen LogP contribution in [0.2, 0.25) is 0 Å². The molecule has 0 heterocycles. The van der Waals surface area contributed by atoms with Gasteiger partial charge < -0.3 is 5.11 Å². The van der Waals surface area contributed by atoms with Crippen molar-refractivity contribution in [3.63, 3.8) is 0 Å². The van der Waals surface area contributed by atoms with E-state index in [2.05, 4.69) is 10.5 Å². The lowest BCUT2D eigenvalue weighted by atomic mass is 10.1. The first-order valence-corrected chi connectivity index (χ1v) is 5.96. The van der Waals surface area contributed by atoms with Crippen molar-refractivity contribution in [3.05, 3.63) is 65.5 Å². The van der Waals surface area contributed by atoms with Crippen LogP contribution in [0.3, 0.4) is 0 Å². The first-order valence-electron chi connectivity index (χ1n) is 5.96. The van der Waals surface area contributed by atoms with Gasteiger partial charge in [-0.2, -0.15) is 5.10 Å². The fourth-order valence-electron chi connectivity index (χ4n) is 1.63. The van der Waals surface area contributed by atoms with E-state index in [0.717, 1.165) is 0 Å². The lowest BCUT2D eigenvalue weighted by molar-refractivity contribution is 0.0955. The van der Waals surface area contributed by atoms with E-state index in [1.165, 1.54) is 30.3 Å². The highest BCUT2D eigenvalue weighted by atomic mass is 19.1. The topological polar surface area (TPSA) is 61.7 Å². The van der Waals surface area contributed by atoms with Crippen LogP contribution >= 0.6 is 0 Å². The van der Waals surface area contributed by atoms with E-state index < -0.39 is 11.7 Å². The number of hydrogen-bond donors (Lipinski definition) is 2. The molecule has 2 rings (SSSR count). The third-order valence-corrected chi connectivity index (χ3v) is 2.72. The highest BCUT2D eigenvalue weighted by Crippen LogP contribution is 2.10. The van der Waals surface area contributed by atoms with E-state index in [-0.39, 0.29) is 5.75 Å². The van der Waals surface area contributed by atoms with E-state index in [1.54, 1.807) is 25.1 Å². The lowest BCUT2D eigenvalue weighted by Crippen LogP contribution is -2.19. The molecule has 0 radical (unpaired) electrons. The summed E-state index contributed by atoms with van der Waals surface area (Å²) in [6.45, 7) is 1.61. The number of benzene rings is 2. The van der Waals surface area contributed by atoms with Crippen LogP contribution in [0.1, 0.15) is 22.8 Å². The number of carbonyl (C=O) groups excluding carboxylic acids is 1. The molecule has 0 spiro atoms. The molecule has 2 N–H and O–H groups in total. The van der Waals surface area contributed by atoms with E-state index in [4.69, 9.17) is 5.11 Å². The van der Waals surface area contributed by atoms with Crippen LogP contribution in [-0.4, -0.2) is 16.7 Å². The number of carbonyl (C=O) groups is 1. The van der Waals surface area contributed by atoms with E-state index >= 15 is 0 Å². The number of halogens is 1. The molecule has 0 atom stereocenters. The van der Waals surface area contributed by atoms with E-state index in [9.17, 15) is 9.18 Å². The molecule has 2 aromatic carbocycles. The van der Waals surface area contributed by atoms with Crippen LogP contribution in [0, 0.1) is 5.82 Å². The number of nitrogens with one attached hydrogen (secondary N) is 1. The number of aromatic hydroxyl groups is 1. The van der Waals surface area contributed by atoms with Gasteiger partial charge in [0, 0.05) is 11.1 Å². The molecule has 20 heavy (non-hydrogen) atoms.